The Balaban J connectivity index is 2.57. The number of nitrogens with two attached hydrogens (primary N) is 1. The predicted octanol–water partition coefficient (Wildman–Crippen LogP) is 4.01. The molecule has 2 atom stereocenters. The lowest BCUT2D eigenvalue weighted by Crippen LogP contribution is -2.30. The van der Waals surface area contributed by atoms with Crippen molar-refractivity contribution in [3.63, 3.8) is 0 Å². The van der Waals surface area contributed by atoms with E-state index in [2.05, 4.69) is 6.92 Å². The SMILES string of the molecule is CCC(CCN)CCC(=O)N(C)C(C)c1cccc(Cl)c1. The highest BCUT2D eigenvalue weighted by Gasteiger charge is 2.18. The van der Waals surface area contributed by atoms with Crippen LogP contribution in [-0.2, 0) is 4.79 Å². The van der Waals surface area contributed by atoms with Gasteiger partial charge in [-0.3, -0.25) is 4.79 Å². The Hall–Kier alpha value is -1.06. The summed E-state index contributed by atoms with van der Waals surface area (Å²) < 4.78 is 0. The van der Waals surface area contributed by atoms with Gasteiger partial charge in [0.15, 0.2) is 0 Å². The minimum absolute atomic E-state index is 0.0331. The summed E-state index contributed by atoms with van der Waals surface area (Å²) in [5, 5.41) is 0.703. The Labute approximate surface area is 133 Å². The van der Waals surface area contributed by atoms with Crippen LogP contribution in [0.2, 0.25) is 5.02 Å². The zero-order chi connectivity index (χ0) is 15.8. The van der Waals surface area contributed by atoms with Crippen molar-refractivity contribution in [2.75, 3.05) is 13.6 Å². The van der Waals surface area contributed by atoms with Crippen LogP contribution in [0.15, 0.2) is 24.3 Å². The van der Waals surface area contributed by atoms with Crippen molar-refractivity contribution in [3.8, 4) is 0 Å². The zero-order valence-corrected chi connectivity index (χ0v) is 14.1. The number of carbonyl (C=O) groups excluding carboxylic acids is 1. The number of nitrogens with zero attached hydrogens (tertiary/aromatic N) is 1. The van der Waals surface area contributed by atoms with Gasteiger partial charge in [0.05, 0.1) is 6.04 Å². The molecule has 1 rings (SSSR count). The first-order chi connectivity index (χ1) is 9.99. The molecule has 0 fully saturated rings. The maximum absolute atomic E-state index is 12.3. The monoisotopic (exact) mass is 310 g/mol. The molecule has 0 spiro atoms. The molecule has 2 unspecified atom stereocenters. The van der Waals surface area contributed by atoms with E-state index in [9.17, 15) is 4.79 Å². The fourth-order valence-electron chi connectivity index (χ4n) is 2.50. The summed E-state index contributed by atoms with van der Waals surface area (Å²) in [5.41, 5.74) is 6.66. The Kier molecular flexibility index (Phi) is 7.76. The Morgan fingerprint density at radius 1 is 1.38 bits per heavy atom. The Morgan fingerprint density at radius 2 is 2.10 bits per heavy atom. The van der Waals surface area contributed by atoms with Crippen LogP contribution in [0.3, 0.4) is 0 Å². The second-order valence-electron chi connectivity index (χ2n) is 5.63. The largest absolute Gasteiger partial charge is 0.339 e. The molecular formula is C17H27ClN2O. The van der Waals surface area contributed by atoms with E-state index >= 15 is 0 Å². The van der Waals surface area contributed by atoms with Crippen LogP contribution in [0.25, 0.3) is 0 Å². The van der Waals surface area contributed by atoms with E-state index in [1.807, 2.05) is 38.2 Å². The van der Waals surface area contributed by atoms with Gasteiger partial charge in [0.25, 0.3) is 0 Å². The molecule has 0 bridgehead atoms. The number of hydrogen-bond acceptors (Lipinski definition) is 2. The van der Waals surface area contributed by atoms with Crippen LogP contribution in [0.5, 0.6) is 0 Å². The molecule has 4 heteroatoms. The minimum atomic E-state index is 0.0331. The molecule has 1 aromatic rings. The number of benzene rings is 1. The Morgan fingerprint density at radius 3 is 2.67 bits per heavy atom. The normalized spacial score (nSPS) is 13.8. The molecule has 0 aliphatic carbocycles. The van der Waals surface area contributed by atoms with Gasteiger partial charge in [-0.2, -0.15) is 0 Å². The second-order valence-corrected chi connectivity index (χ2v) is 6.06. The van der Waals surface area contributed by atoms with E-state index in [0.29, 0.717) is 23.9 Å². The van der Waals surface area contributed by atoms with Gasteiger partial charge in [0.1, 0.15) is 0 Å². The van der Waals surface area contributed by atoms with Crippen molar-refractivity contribution < 1.29 is 4.79 Å². The smallest absolute Gasteiger partial charge is 0.222 e. The summed E-state index contributed by atoms with van der Waals surface area (Å²) >= 11 is 6.01. The first kappa shape index (κ1) is 18.0. The quantitative estimate of drug-likeness (QED) is 0.788. The molecular weight excluding hydrogens is 284 g/mol. The third-order valence-electron chi connectivity index (χ3n) is 4.22. The molecule has 1 amide bonds. The van der Waals surface area contributed by atoms with Gasteiger partial charge in [0.2, 0.25) is 5.91 Å². The first-order valence-electron chi connectivity index (χ1n) is 7.70. The minimum Gasteiger partial charge on any atom is -0.339 e. The van der Waals surface area contributed by atoms with Gasteiger partial charge in [-0.25, -0.2) is 0 Å². The molecule has 0 saturated heterocycles. The van der Waals surface area contributed by atoms with E-state index in [4.69, 9.17) is 17.3 Å². The topological polar surface area (TPSA) is 46.3 Å². The standard InChI is InChI=1S/C17H27ClN2O/c1-4-14(10-11-19)8-9-17(21)20(3)13(2)15-6-5-7-16(18)12-15/h5-7,12-14H,4,8-11,19H2,1-3H3. The van der Waals surface area contributed by atoms with Gasteiger partial charge < -0.3 is 10.6 Å². The van der Waals surface area contributed by atoms with Crippen LogP contribution in [0.4, 0.5) is 0 Å². The molecule has 0 aromatic heterocycles. The third kappa shape index (κ3) is 5.68. The molecule has 0 aliphatic rings. The summed E-state index contributed by atoms with van der Waals surface area (Å²) in [5.74, 6) is 0.728. The number of carbonyl (C=O) groups is 1. The van der Waals surface area contributed by atoms with Crippen LogP contribution < -0.4 is 5.73 Å². The van der Waals surface area contributed by atoms with Crippen molar-refractivity contribution in [1.82, 2.24) is 4.90 Å². The van der Waals surface area contributed by atoms with Crippen molar-refractivity contribution in [3.05, 3.63) is 34.9 Å². The first-order valence-corrected chi connectivity index (χ1v) is 8.08. The molecule has 1 aromatic carbocycles. The molecule has 0 aliphatic heterocycles. The van der Waals surface area contributed by atoms with E-state index < -0.39 is 0 Å². The lowest BCUT2D eigenvalue weighted by Gasteiger charge is -2.26. The van der Waals surface area contributed by atoms with Gasteiger partial charge in [-0.1, -0.05) is 37.1 Å². The summed E-state index contributed by atoms with van der Waals surface area (Å²) in [7, 11) is 1.86. The van der Waals surface area contributed by atoms with E-state index in [-0.39, 0.29) is 11.9 Å². The summed E-state index contributed by atoms with van der Waals surface area (Å²) in [6.45, 7) is 4.88. The van der Waals surface area contributed by atoms with Crippen LogP contribution >= 0.6 is 11.6 Å². The lowest BCUT2D eigenvalue weighted by atomic mass is 9.96. The summed E-state index contributed by atoms with van der Waals surface area (Å²) in [6, 6.07) is 7.72. The predicted molar refractivity (Wildman–Crippen MR) is 89.3 cm³/mol. The van der Waals surface area contributed by atoms with Crippen molar-refractivity contribution >= 4 is 17.5 Å². The van der Waals surface area contributed by atoms with Crippen molar-refractivity contribution in [2.45, 2.75) is 45.6 Å². The van der Waals surface area contributed by atoms with Crippen LogP contribution in [0, 0.1) is 5.92 Å². The van der Waals surface area contributed by atoms with Crippen LogP contribution in [-0.4, -0.2) is 24.4 Å². The maximum atomic E-state index is 12.3. The molecule has 3 nitrogen and oxygen atoms in total. The van der Waals surface area contributed by atoms with Gasteiger partial charge in [-0.15, -0.1) is 0 Å². The highest BCUT2D eigenvalue weighted by Crippen LogP contribution is 2.23. The number of rotatable bonds is 8. The summed E-state index contributed by atoms with van der Waals surface area (Å²) in [4.78, 5) is 14.1. The highest BCUT2D eigenvalue weighted by atomic mass is 35.5. The third-order valence-corrected chi connectivity index (χ3v) is 4.46. The summed E-state index contributed by atoms with van der Waals surface area (Å²) in [6.07, 6.45) is 3.58. The second kappa shape index (κ2) is 9.06. The van der Waals surface area contributed by atoms with Crippen molar-refractivity contribution in [1.29, 1.82) is 0 Å². The molecule has 21 heavy (non-hydrogen) atoms. The zero-order valence-electron chi connectivity index (χ0n) is 13.3. The number of halogens is 1. The fourth-order valence-corrected chi connectivity index (χ4v) is 2.70. The number of hydrogen-bond donors (Lipinski definition) is 1. The highest BCUT2D eigenvalue weighted by molar-refractivity contribution is 6.30. The maximum Gasteiger partial charge on any atom is 0.222 e. The molecule has 0 heterocycles. The van der Waals surface area contributed by atoms with Gasteiger partial charge >= 0.3 is 0 Å². The van der Waals surface area contributed by atoms with E-state index in [1.165, 1.54) is 0 Å². The van der Waals surface area contributed by atoms with E-state index in [1.54, 1.807) is 4.90 Å². The molecule has 0 saturated carbocycles. The van der Waals surface area contributed by atoms with Crippen molar-refractivity contribution in [2.24, 2.45) is 11.7 Å². The number of amides is 1. The Bertz CT molecular complexity index is 450. The average molecular weight is 311 g/mol. The van der Waals surface area contributed by atoms with Crippen LogP contribution in [0.1, 0.15) is 51.1 Å². The average Bonchev–Trinajstić information content (AvgIpc) is 2.49. The molecule has 2 N–H and O–H groups in total. The van der Waals surface area contributed by atoms with Gasteiger partial charge in [0, 0.05) is 18.5 Å². The fraction of sp³-hybridized carbons (Fsp3) is 0.588. The van der Waals surface area contributed by atoms with E-state index in [0.717, 1.165) is 24.8 Å². The lowest BCUT2D eigenvalue weighted by molar-refractivity contribution is -0.132. The molecule has 0 radical (unpaired) electrons. The van der Waals surface area contributed by atoms with Gasteiger partial charge in [-0.05, 0) is 49.9 Å². The molecule has 118 valence electrons.